The molecule has 3 nitrogen and oxygen atoms in total. The van der Waals surface area contributed by atoms with E-state index in [9.17, 15) is 4.79 Å². The molecule has 0 unspecified atom stereocenters. The first-order valence-corrected chi connectivity index (χ1v) is 7.68. The van der Waals surface area contributed by atoms with Crippen LogP contribution in [0.25, 0.3) is 0 Å². The Labute approximate surface area is 126 Å². The Kier molecular flexibility index (Phi) is 5.44. The summed E-state index contributed by atoms with van der Waals surface area (Å²) in [6.45, 7) is 1.33. The molecule has 0 atom stereocenters. The Bertz CT molecular complexity index is 456. The van der Waals surface area contributed by atoms with Crippen LogP contribution >= 0.6 is 11.6 Å². The van der Waals surface area contributed by atoms with Crippen molar-refractivity contribution in [2.75, 3.05) is 13.6 Å². The molecule has 20 heavy (non-hydrogen) atoms. The zero-order valence-electron chi connectivity index (χ0n) is 12.0. The molecule has 0 radical (unpaired) electrons. The van der Waals surface area contributed by atoms with Gasteiger partial charge in [-0.2, -0.15) is 0 Å². The van der Waals surface area contributed by atoms with Gasteiger partial charge < -0.3 is 10.6 Å². The lowest BCUT2D eigenvalue weighted by molar-refractivity contribution is -0.136. The summed E-state index contributed by atoms with van der Waals surface area (Å²) < 4.78 is 0. The minimum atomic E-state index is 0.158. The molecule has 1 aliphatic rings. The van der Waals surface area contributed by atoms with Crippen molar-refractivity contribution >= 4 is 17.5 Å². The largest absolute Gasteiger partial charge is 0.341 e. The highest BCUT2D eigenvalue weighted by Gasteiger charge is 2.27. The van der Waals surface area contributed by atoms with Crippen LogP contribution < -0.4 is 5.73 Å². The SMILES string of the molecule is CN(Cc1ccccc1Cl)C(=O)C1CCC(CN)CC1. The number of carbonyl (C=O) groups is 1. The summed E-state index contributed by atoms with van der Waals surface area (Å²) in [5.74, 6) is 0.999. The second-order valence-electron chi connectivity index (χ2n) is 5.74. The predicted octanol–water partition coefficient (Wildman–Crippen LogP) is 3.06. The topological polar surface area (TPSA) is 46.3 Å². The molecule has 0 saturated heterocycles. The maximum absolute atomic E-state index is 12.5. The number of hydrogen-bond donors (Lipinski definition) is 1. The van der Waals surface area contributed by atoms with Gasteiger partial charge in [0.05, 0.1) is 0 Å². The Morgan fingerprint density at radius 2 is 1.95 bits per heavy atom. The van der Waals surface area contributed by atoms with Crippen molar-refractivity contribution in [1.29, 1.82) is 0 Å². The van der Waals surface area contributed by atoms with E-state index in [2.05, 4.69) is 0 Å². The smallest absolute Gasteiger partial charge is 0.225 e. The van der Waals surface area contributed by atoms with Crippen molar-refractivity contribution in [3.05, 3.63) is 34.9 Å². The minimum absolute atomic E-state index is 0.158. The quantitative estimate of drug-likeness (QED) is 0.928. The molecule has 1 amide bonds. The summed E-state index contributed by atoms with van der Waals surface area (Å²) in [5.41, 5.74) is 6.69. The van der Waals surface area contributed by atoms with E-state index in [1.807, 2.05) is 31.3 Å². The van der Waals surface area contributed by atoms with Gasteiger partial charge in [0.15, 0.2) is 0 Å². The summed E-state index contributed by atoms with van der Waals surface area (Å²) in [7, 11) is 1.86. The van der Waals surface area contributed by atoms with Gasteiger partial charge in [-0.1, -0.05) is 29.8 Å². The van der Waals surface area contributed by atoms with Gasteiger partial charge in [0.1, 0.15) is 0 Å². The van der Waals surface area contributed by atoms with Gasteiger partial charge >= 0.3 is 0 Å². The third-order valence-electron chi connectivity index (χ3n) is 4.27. The van der Waals surface area contributed by atoms with Gasteiger partial charge in [-0.15, -0.1) is 0 Å². The highest BCUT2D eigenvalue weighted by Crippen LogP contribution is 2.29. The van der Waals surface area contributed by atoms with Crippen LogP contribution in [0.15, 0.2) is 24.3 Å². The van der Waals surface area contributed by atoms with E-state index in [-0.39, 0.29) is 11.8 Å². The lowest BCUT2D eigenvalue weighted by Gasteiger charge is -2.30. The van der Waals surface area contributed by atoms with Crippen molar-refractivity contribution < 1.29 is 4.79 Å². The first kappa shape index (κ1) is 15.3. The van der Waals surface area contributed by atoms with Gasteiger partial charge in [-0.05, 0) is 49.8 Å². The van der Waals surface area contributed by atoms with Crippen LogP contribution in [0.1, 0.15) is 31.2 Å². The number of nitrogens with two attached hydrogens (primary N) is 1. The van der Waals surface area contributed by atoms with Crippen LogP contribution in [0.3, 0.4) is 0 Å². The second-order valence-corrected chi connectivity index (χ2v) is 6.15. The van der Waals surface area contributed by atoms with Crippen LogP contribution in [0.2, 0.25) is 5.02 Å². The lowest BCUT2D eigenvalue weighted by atomic mass is 9.81. The number of carbonyl (C=O) groups excluding carboxylic acids is 1. The van der Waals surface area contributed by atoms with E-state index in [4.69, 9.17) is 17.3 Å². The summed E-state index contributed by atoms with van der Waals surface area (Å²) in [5, 5.41) is 0.721. The molecular weight excluding hydrogens is 272 g/mol. The zero-order chi connectivity index (χ0) is 14.5. The average molecular weight is 295 g/mol. The van der Waals surface area contributed by atoms with Crippen LogP contribution in [0, 0.1) is 11.8 Å². The van der Waals surface area contributed by atoms with Crippen LogP contribution in [0.5, 0.6) is 0 Å². The molecule has 1 aromatic rings. The number of halogens is 1. The van der Waals surface area contributed by atoms with E-state index < -0.39 is 0 Å². The van der Waals surface area contributed by atoms with Gasteiger partial charge in [0.2, 0.25) is 5.91 Å². The molecule has 110 valence electrons. The Morgan fingerprint density at radius 1 is 1.30 bits per heavy atom. The number of nitrogens with zero attached hydrogens (tertiary/aromatic N) is 1. The average Bonchev–Trinajstić information content (AvgIpc) is 2.49. The Morgan fingerprint density at radius 3 is 2.55 bits per heavy atom. The fraction of sp³-hybridized carbons (Fsp3) is 0.562. The lowest BCUT2D eigenvalue weighted by Crippen LogP contribution is -2.35. The zero-order valence-corrected chi connectivity index (χ0v) is 12.8. The number of amides is 1. The molecule has 2 rings (SSSR count). The third-order valence-corrected chi connectivity index (χ3v) is 4.64. The highest BCUT2D eigenvalue weighted by molar-refractivity contribution is 6.31. The van der Waals surface area contributed by atoms with Gasteiger partial charge in [0, 0.05) is 24.5 Å². The normalized spacial score (nSPS) is 22.6. The van der Waals surface area contributed by atoms with Crippen molar-refractivity contribution in [2.45, 2.75) is 32.2 Å². The van der Waals surface area contributed by atoms with Crippen molar-refractivity contribution in [3.63, 3.8) is 0 Å². The molecule has 0 bridgehead atoms. The first-order chi connectivity index (χ1) is 9.61. The van der Waals surface area contributed by atoms with Gasteiger partial charge in [-0.3, -0.25) is 4.79 Å². The molecule has 0 heterocycles. The number of benzene rings is 1. The molecule has 0 aliphatic heterocycles. The van der Waals surface area contributed by atoms with E-state index >= 15 is 0 Å². The van der Waals surface area contributed by atoms with Gasteiger partial charge in [-0.25, -0.2) is 0 Å². The summed E-state index contributed by atoms with van der Waals surface area (Å²) >= 11 is 6.14. The van der Waals surface area contributed by atoms with Crippen molar-refractivity contribution in [2.24, 2.45) is 17.6 Å². The van der Waals surface area contributed by atoms with Gasteiger partial charge in [0.25, 0.3) is 0 Å². The molecule has 0 spiro atoms. The maximum atomic E-state index is 12.5. The van der Waals surface area contributed by atoms with E-state index in [1.165, 1.54) is 0 Å². The number of rotatable bonds is 4. The fourth-order valence-corrected chi connectivity index (χ4v) is 3.11. The first-order valence-electron chi connectivity index (χ1n) is 7.30. The van der Waals surface area contributed by atoms with Crippen molar-refractivity contribution in [3.8, 4) is 0 Å². The Balaban J connectivity index is 1.91. The molecule has 4 heteroatoms. The third kappa shape index (κ3) is 3.74. The van der Waals surface area contributed by atoms with Crippen LogP contribution in [0.4, 0.5) is 0 Å². The molecule has 1 aliphatic carbocycles. The second kappa shape index (κ2) is 7.09. The molecule has 0 aromatic heterocycles. The maximum Gasteiger partial charge on any atom is 0.225 e. The van der Waals surface area contributed by atoms with Crippen molar-refractivity contribution in [1.82, 2.24) is 4.90 Å². The Hall–Kier alpha value is -1.06. The number of hydrogen-bond acceptors (Lipinski definition) is 2. The van der Waals surface area contributed by atoms with E-state index in [0.717, 1.165) is 42.8 Å². The minimum Gasteiger partial charge on any atom is -0.341 e. The molecule has 2 N–H and O–H groups in total. The summed E-state index contributed by atoms with van der Waals surface area (Å²) in [4.78, 5) is 14.3. The molecule has 1 saturated carbocycles. The highest BCUT2D eigenvalue weighted by atomic mass is 35.5. The molecule has 1 fully saturated rings. The summed E-state index contributed by atoms with van der Waals surface area (Å²) in [6.07, 6.45) is 4.08. The summed E-state index contributed by atoms with van der Waals surface area (Å²) in [6, 6.07) is 7.69. The predicted molar refractivity (Wildman–Crippen MR) is 82.4 cm³/mol. The van der Waals surface area contributed by atoms with Crippen LogP contribution in [-0.2, 0) is 11.3 Å². The van der Waals surface area contributed by atoms with Crippen LogP contribution in [-0.4, -0.2) is 24.4 Å². The molecular formula is C16H23ClN2O. The monoisotopic (exact) mass is 294 g/mol. The van der Waals surface area contributed by atoms with E-state index in [1.54, 1.807) is 4.90 Å². The fourth-order valence-electron chi connectivity index (χ4n) is 2.92. The standard InChI is InChI=1S/C16H23ClN2O/c1-19(11-14-4-2-3-5-15(14)17)16(20)13-8-6-12(10-18)7-9-13/h2-5,12-13H,6-11,18H2,1H3. The molecule has 1 aromatic carbocycles. The van der Waals surface area contributed by atoms with E-state index in [0.29, 0.717) is 12.5 Å².